The van der Waals surface area contributed by atoms with Gasteiger partial charge < -0.3 is 83.3 Å². The van der Waals surface area contributed by atoms with Gasteiger partial charge in [0, 0.05) is 39.0 Å². The van der Waals surface area contributed by atoms with E-state index in [4.69, 9.17) is 0 Å². The van der Waals surface area contributed by atoms with Crippen molar-refractivity contribution in [1.82, 2.24) is 47.9 Å². The molecule has 31 heteroatoms. The molecule has 0 fully saturated rings. The van der Waals surface area contributed by atoms with Gasteiger partial charge in [0.25, 0.3) is 0 Å². The molecule has 0 aliphatic rings. The van der Waals surface area contributed by atoms with Crippen molar-refractivity contribution in [3.05, 3.63) is 0 Å². The van der Waals surface area contributed by atoms with Crippen LogP contribution < -0.4 is 47.9 Å². The Kier molecular flexibility index (Phi) is 29.1. The Balaban J connectivity index is 6.60. The van der Waals surface area contributed by atoms with Crippen molar-refractivity contribution in [1.29, 1.82) is 0 Å². The number of hydrogen-bond donors (Lipinski definition) is 15. The zero-order valence-corrected chi connectivity index (χ0v) is 40.4. The second kappa shape index (κ2) is 32.7. The van der Waals surface area contributed by atoms with Gasteiger partial charge in [-0.15, -0.1) is 0 Å². The van der Waals surface area contributed by atoms with E-state index in [-0.39, 0.29) is 0 Å². The van der Waals surface area contributed by atoms with Crippen LogP contribution in [0.4, 0.5) is 0 Å². The number of amides is 9. The molecule has 15 N–H and O–H groups in total. The molecular weight excluding hydrogens is 983 g/mol. The van der Waals surface area contributed by atoms with Gasteiger partial charge in [0.1, 0.15) is 54.1 Å². The predicted molar refractivity (Wildman–Crippen MR) is 242 cm³/mol. The number of Topliss-reactive ketones (excluding diaryl/α,β-unsaturated/α-hetero) is 2. The van der Waals surface area contributed by atoms with Crippen molar-refractivity contribution < 1.29 is 107 Å². The molecule has 0 aromatic heterocycles. The first-order valence-corrected chi connectivity index (χ1v) is 22.3. The van der Waals surface area contributed by atoms with E-state index in [0.29, 0.717) is 0 Å². The third-order valence-corrected chi connectivity index (χ3v) is 10.1. The molecular formula is C42H63N9O22. The lowest BCUT2D eigenvalue weighted by Gasteiger charge is -2.27. The number of aliphatic carboxylic acids is 5. The Hall–Kier alpha value is -8.12. The van der Waals surface area contributed by atoms with E-state index >= 15 is 0 Å². The number of carboxylic acid groups (broad SMARTS) is 5. The Morgan fingerprint density at radius 2 is 0.603 bits per heavy atom. The van der Waals surface area contributed by atoms with Crippen LogP contribution in [0.1, 0.15) is 105 Å². The van der Waals surface area contributed by atoms with Crippen LogP contribution in [0.15, 0.2) is 0 Å². The molecule has 0 rings (SSSR count). The van der Waals surface area contributed by atoms with Gasteiger partial charge in [-0.3, -0.25) is 71.9 Å². The highest BCUT2D eigenvalue weighted by molar-refractivity contribution is 5.99. The average Bonchev–Trinajstić information content (AvgIpc) is 3.28. The van der Waals surface area contributed by atoms with Gasteiger partial charge in [-0.25, -0.2) is 0 Å². The van der Waals surface area contributed by atoms with Crippen LogP contribution in [0.2, 0.25) is 0 Å². The lowest BCUT2D eigenvalue weighted by molar-refractivity contribution is -0.142. The van der Waals surface area contributed by atoms with Crippen molar-refractivity contribution >= 4 is 94.6 Å². The fourth-order valence-corrected chi connectivity index (χ4v) is 6.04. The second-order valence-corrected chi connectivity index (χ2v) is 16.4. The van der Waals surface area contributed by atoms with Gasteiger partial charge in [0.05, 0.1) is 19.1 Å². The number of nitrogens with one attached hydrogen (secondary N) is 9. The first-order chi connectivity index (χ1) is 33.9. The molecule has 0 heterocycles. The van der Waals surface area contributed by atoms with Crippen molar-refractivity contribution in [2.24, 2.45) is 0 Å². The molecule has 0 saturated carbocycles. The average molecular weight is 1050 g/mol. The molecule has 408 valence electrons. The van der Waals surface area contributed by atoms with Crippen molar-refractivity contribution in [3.8, 4) is 0 Å². The number of carbonyl (C=O) groups excluding carboxylic acids is 11. The maximum Gasteiger partial charge on any atom is 0.305 e. The summed E-state index contributed by atoms with van der Waals surface area (Å²) in [5.74, 6) is -19.2. The third kappa shape index (κ3) is 27.2. The van der Waals surface area contributed by atoms with Gasteiger partial charge in [-0.2, -0.15) is 0 Å². The van der Waals surface area contributed by atoms with Crippen LogP contribution in [-0.2, 0) is 76.7 Å². The first-order valence-electron chi connectivity index (χ1n) is 22.3. The molecule has 9 amide bonds. The fraction of sp³-hybridized carbons (Fsp3) is 0.619. The zero-order valence-electron chi connectivity index (χ0n) is 40.4. The number of aliphatic hydroxyl groups excluding tert-OH is 1. The number of carbonyl (C=O) groups is 16. The molecule has 31 nitrogen and oxygen atoms in total. The molecule has 0 aromatic rings. The first kappa shape index (κ1) is 64.9. The number of aliphatic hydroxyl groups is 1. The van der Waals surface area contributed by atoms with Gasteiger partial charge in [0.15, 0.2) is 5.78 Å². The molecule has 0 aliphatic heterocycles. The third-order valence-electron chi connectivity index (χ3n) is 10.1. The minimum Gasteiger partial charge on any atom is -0.481 e. The van der Waals surface area contributed by atoms with E-state index in [0.717, 1.165) is 27.7 Å². The highest BCUT2D eigenvalue weighted by Gasteiger charge is 2.35. The van der Waals surface area contributed by atoms with Crippen LogP contribution in [0.25, 0.3) is 0 Å². The Bertz CT molecular complexity index is 2100. The fourth-order valence-electron chi connectivity index (χ4n) is 6.04. The summed E-state index contributed by atoms with van der Waals surface area (Å²) in [6.07, 6.45) is -7.74. The molecule has 0 saturated heterocycles. The molecule has 0 aliphatic carbocycles. The molecule has 0 radical (unpaired) electrons. The summed E-state index contributed by atoms with van der Waals surface area (Å²) in [6.45, 7) is 4.59. The molecule has 0 spiro atoms. The Morgan fingerprint density at radius 3 is 0.890 bits per heavy atom. The van der Waals surface area contributed by atoms with E-state index in [1.807, 2.05) is 5.32 Å². The van der Waals surface area contributed by atoms with Crippen molar-refractivity contribution in [3.63, 3.8) is 0 Å². The number of ketones is 2. The SMILES string of the molecule is CC(=O)CC[C@@H](NC(=O)C(CC(=O)O)NC(=O)[C@@H](CCC(=O)O)NC(=O)C(CO)NC(C)=O)C(=O)NC(C)C(=O)N[C@H](CCC(=O)O)C(=O)NC(CCC(=O)O)C(=O)N[C@H](CCC(=O)O)C(=O)NC(C)C(C)=O. The van der Waals surface area contributed by atoms with Gasteiger partial charge in [-0.1, -0.05) is 0 Å². The van der Waals surface area contributed by atoms with Crippen molar-refractivity contribution in [2.45, 2.75) is 160 Å². The van der Waals surface area contributed by atoms with Gasteiger partial charge in [-0.05, 0) is 59.8 Å². The number of hydrogen-bond acceptors (Lipinski definition) is 17. The summed E-state index contributed by atoms with van der Waals surface area (Å²) in [6, 6.07) is -15.4. The molecule has 73 heavy (non-hydrogen) atoms. The standard InChI is InChI=1S/C42H63N9O22/c1-18(53)6-7-23(49-41(72)28(16-34(64)65)51-40(71)27(11-15-33(62)63)50-42(73)29(17-52)45-22(5)55)37(68)44-20(3)35(66)46-25(9-13-31(58)59)38(69)48-26(10-14-32(60)61)39(70)47-24(8-12-30(56)57)36(67)43-19(2)21(4)54/h19-20,23-29,52H,6-17H2,1-5H3,(H,43,67)(H,44,68)(H,45,55)(H,46,66)(H,47,70)(H,48,69)(H,49,72)(H,50,73)(H,51,71)(H,56,57)(H,58,59)(H,60,61)(H,62,63)(H,64,65)/t19?,20?,23-,24-,25-,26?,27-,28?,29?/m1/s1. The largest absolute Gasteiger partial charge is 0.481 e. The smallest absolute Gasteiger partial charge is 0.305 e. The second-order valence-electron chi connectivity index (χ2n) is 16.4. The predicted octanol–water partition coefficient (Wildman–Crippen LogP) is -5.71. The molecule has 5 unspecified atom stereocenters. The van der Waals surface area contributed by atoms with E-state index in [1.165, 1.54) is 6.92 Å². The Labute approximate surface area is 415 Å². The van der Waals surface area contributed by atoms with E-state index in [2.05, 4.69) is 42.5 Å². The monoisotopic (exact) mass is 1050 g/mol. The maximum atomic E-state index is 13.6. The van der Waals surface area contributed by atoms with Crippen LogP contribution in [0.5, 0.6) is 0 Å². The molecule has 0 aromatic carbocycles. The summed E-state index contributed by atoms with van der Waals surface area (Å²) < 4.78 is 0. The lowest BCUT2D eigenvalue weighted by atomic mass is 10.0. The van der Waals surface area contributed by atoms with Gasteiger partial charge >= 0.3 is 29.8 Å². The lowest BCUT2D eigenvalue weighted by Crippen LogP contribution is -2.60. The maximum absolute atomic E-state index is 13.6. The minimum atomic E-state index is -2.08. The topological polar surface area (TPSA) is 503 Å². The Morgan fingerprint density at radius 1 is 0.329 bits per heavy atom. The van der Waals surface area contributed by atoms with E-state index < -0.39 is 226 Å². The summed E-state index contributed by atoms with van der Waals surface area (Å²) >= 11 is 0. The van der Waals surface area contributed by atoms with E-state index in [1.54, 1.807) is 0 Å². The number of carboxylic acids is 5. The van der Waals surface area contributed by atoms with Gasteiger partial charge in [0.2, 0.25) is 53.2 Å². The molecule has 0 bridgehead atoms. The quantitative estimate of drug-likeness (QED) is 0.0278. The summed E-state index contributed by atoms with van der Waals surface area (Å²) in [4.78, 5) is 199. The summed E-state index contributed by atoms with van der Waals surface area (Å²) in [7, 11) is 0. The van der Waals surface area contributed by atoms with Crippen LogP contribution in [0.3, 0.4) is 0 Å². The van der Waals surface area contributed by atoms with Crippen LogP contribution in [-0.4, -0.2) is 186 Å². The summed E-state index contributed by atoms with van der Waals surface area (Å²) in [5, 5.41) is 75.5. The summed E-state index contributed by atoms with van der Waals surface area (Å²) in [5.41, 5.74) is 0. The normalized spacial score (nSPS) is 14.4. The minimum absolute atomic E-state index is 0.422. The van der Waals surface area contributed by atoms with E-state index in [9.17, 15) is 107 Å². The molecule has 9 atom stereocenters. The number of rotatable bonds is 36. The highest BCUT2D eigenvalue weighted by atomic mass is 16.4. The van der Waals surface area contributed by atoms with Crippen molar-refractivity contribution in [2.75, 3.05) is 6.61 Å². The highest BCUT2D eigenvalue weighted by Crippen LogP contribution is 2.09. The van der Waals surface area contributed by atoms with Crippen LogP contribution >= 0.6 is 0 Å². The van der Waals surface area contributed by atoms with Crippen LogP contribution in [0, 0.1) is 0 Å². The zero-order chi connectivity index (χ0) is 56.3.